The average molecular weight is 453 g/mol. The van der Waals surface area contributed by atoms with Crippen molar-refractivity contribution in [3.8, 4) is 0 Å². The third-order valence-corrected chi connectivity index (χ3v) is 5.37. The van der Waals surface area contributed by atoms with Gasteiger partial charge in [-0.25, -0.2) is 4.39 Å². The lowest BCUT2D eigenvalue weighted by Crippen LogP contribution is -2.42. The molecule has 3 N–H and O–H groups in total. The molecule has 33 heavy (non-hydrogen) atoms. The highest BCUT2D eigenvalue weighted by Gasteiger charge is 2.28. The highest BCUT2D eigenvalue weighted by molar-refractivity contribution is 6.04. The SMILES string of the molecule is Cc1noc(C)c1C(=O)N(Cc1cccc(NC(=O)c2ccc(F)cc2)c1)CC(C)(C)CN. The number of carbonyl (C=O) groups excluding carboxylic acids is 2. The van der Waals surface area contributed by atoms with E-state index < -0.39 is 5.82 Å². The zero-order valence-corrected chi connectivity index (χ0v) is 19.3. The van der Waals surface area contributed by atoms with E-state index in [4.69, 9.17) is 10.3 Å². The standard InChI is InChI=1S/C25H29FN4O3/c1-16-22(17(2)33-29-16)24(32)30(15-25(3,4)14-27)13-18-6-5-7-21(12-18)28-23(31)19-8-10-20(26)11-9-19/h5-12H,13-15,27H2,1-4H3,(H,28,31). The van der Waals surface area contributed by atoms with Crippen LogP contribution in [0.25, 0.3) is 0 Å². The van der Waals surface area contributed by atoms with E-state index in [0.29, 0.717) is 47.9 Å². The van der Waals surface area contributed by atoms with Gasteiger partial charge in [0.25, 0.3) is 11.8 Å². The van der Waals surface area contributed by atoms with Gasteiger partial charge in [-0.3, -0.25) is 9.59 Å². The molecule has 2 amide bonds. The van der Waals surface area contributed by atoms with E-state index >= 15 is 0 Å². The molecule has 0 aliphatic rings. The van der Waals surface area contributed by atoms with Gasteiger partial charge in [0.15, 0.2) is 0 Å². The largest absolute Gasteiger partial charge is 0.361 e. The van der Waals surface area contributed by atoms with E-state index in [1.165, 1.54) is 24.3 Å². The van der Waals surface area contributed by atoms with Gasteiger partial charge in [0.05, 0.1) is 5.69 Å². The fourth-order valence-corrected chi connectivity index (χ4v) is 3.50. The number of anilines is 1. The molecule has 0 aliphatic carbocycles. The van der Waals surface area contributed by atoms with Crippen molar-refractivity contribution in [1.29, 1.82) is 0 Å². The van der Waals surface area contributed by atoms with Crippen molar-refractivity contribution in [3.63, 3.8) is 0 Å². The van der Waals surface area contributed by atoms with E-state index in [1.54, 1.807) is 24.8 Å². The highest BCUT2D eigenvalue weighted by Crippen LogP contribution is 2.23. The van der Waals surface area contributed by atoms with Gasteiger partial charge >= 0.3 is 0 Å². The Labute approximate surface area is 192 Å². The lowest BCUT2D eigenvalue weighted by atomic mass is 9.92. The van der Waals surface area contributed by atoms with Gasteiger partial charge in [-0.15, -0.1) is 0 Å². The van der Waals surface area contributed by atoms with Crippen LogP contribution in [0.1, 0.15) is 51.6 Å². The maximum Gasteiger partial charge on any atom is 0.259 e. The molecule has 174 valence electrons. The van der Waals surface area contributed by atoms with Gasteiger partial charge < -0.3 is 20.5 Å². The molecule has 8 heteroatoms. The van der Waals surface area contributed by atoms with Crippen LogP contribution in [0.15, 0.2) is 53.1 Å². The maximum atomic E-state index is 13.4. The molecule has 0 saturated heterocycles. The summed E-state index contributed by atoms with van der Waals surface area (Å²) in [6.45, 7) is 8.60. The van der Waals surface area contributed by atoms with Gasteiger partial charge in [-0.05, 0) is 67.8 Å². The molecule has 0 aliphatic heterocycles. The summed E-state index contributed by atoms with van der Waals surface area (Å²) in [5.41, 5.74) is 8.37. The number of amides is 2. The van der Waals surface area contributed by atoms with E-state index in [-0.39, 0.29) is 17.2 Å². The third kappa shape index (κ3) is 6.04. The summed E-state index contributed by atoms with van der Waals surface area (Å²) in [5.74, 6) is -0.473. The topological polar surface area (TPSA) is 101 Å². The summed E-state index contributed by atoms with van der Waals surface area (Å²) >= 11 is 0. The van der Waals surface area contributed by atoms with Crippen molar-refractivity contribution in [3.05, 3.63) is 82.5 Å². The molecule has 1 heterocycles. The molecule has 3 rings (SSSR count). The molecule has 0 unspecified atom stereocenters. The van der Waals surface area contributed by atoms with Gasteiger partial charge in [-0.2, -0.15) is 0 Å². The van der Waals surface area contributed by atoms with Crippen LogP contribution in [0.3, 0.4) is 0 Å². The number of nitrogens with one attached hydrogen (secondary N) is 1. The van der Waals surface area contributed by atoms with Crippen LogP contribution in [-0.2, 0) is 6.54 Å². The lowest BCUT2D eigenvalue weighted by Gasteiger charge is -2.32. The van der Waals surface area contributed by atoms with Crippen LogP contribution in [-0.4, -0.2) is 35.0 Å². The molecule has 7 nitrogen and oxygen atoms in total. The Balaban J connectivity index is 1.83. The summed E-state index contributed by atoms with van der Waals surface area (Å²) in [5, 5.41) is 6.72. The number of rotatable bonds is 8. The number of aromatic nitrogens is 1. The van der Waals surface area contributed by atoms with Gasteiger partial charge in [0, 0.05) is 24.3 Å². The quantitative estimate of drug-likeness (QED) is 0.530. The van der Waals surface area contributed by atoms with Crippen LogP contribution in [0.2, 0.25) is 0 Å². The van der Waals surface area contributed by atoms with E-state index in [2.05, 4.69) is 10.5 Å². The Hall–Kier alpha value is -3.52. The number of halogens is 1. The number of nitrogens with two attached hydrogens (primary N) is 1. The van der Waals surface area contributed by atoms with Gasteiger partial charge in [-0.1, -0.05) is 31.1 Å². The minimum Gasteiger partial charge on any atom is -0.361 e. The molecule has 2 aromatic carbocycles. The number of hydrogen-bond donors (Lipinski definition) is 2. The molecule has 0 radical (unpaired) electrons. The van der Waals surface area contributed by atoms with Gasteiger partial charge in [0.1, 0.15) is 17.1 Å². The summed E-state index contributed by atoms with van der Waals surface area (Å²) in [4.78, 5) is 27.6. The monoisotopic (exact) mass is 452 g/mol. The van der Waals surface area contributed by atoms with Crippen LogP contribution < -0.4 is 11.1 Å². The maximum absolute atomic E-state index is 13.4. The Morgan fingerprint density at radius 2 is 1.85 bits per heavy atom. The Kier molecular flexibility index (Phi) is 7.28. The molecule has 3 aromatic rings. The molecule has 1 aromatic heterocycles. The predicted octanol–water partition coefficient (Wildman–Crippen LogP) is 4.31. The molecular formula is C25H29FN4O3. The first-order valence-corrected chi connectivity index (χ1v) is 10.7. The van der Waals surface area contributed by atoms with Gasteiger partial charge in [0.2, 0.25) is 0 Å². The highest BCUT2D eigenvalue weighted by atomic mass is 19.1. The number of nitrogens with zero attached hydrogens (tertiary/aromatic N) is 2. The molecule has 0 fully saturated rings. The smallest absolute Gasteiger partial charge is 0.259 e. The fourth-order valence-electron chi connectivity index (χ4n) is 3.50. The number of carbonyl (C=O) groups is 2. The first-order valence-electron chi connectivity index (χ1n) is 10.7. The summed E-state index contributed by atoms with van der Waals surface area (Å²) in [7, 11) is 0. The Bertz CT molecular complexity index is 1120. The second kappa shape index (κ2) is 9.95. The third-order valence-electron chi connectivity index (χ3n) is 5.37. The zero-order chi connectivity index (χ0) is 24.2. The zero-order valence-electron chi connectivity index (χ0n) is 19.3. The van der Waals surface area contributed by atoms with Crippen LogP contribution >= 0.6 is 0 Å². The molecule has 0 saturated carbocycles. The Morgan fingerprint density at radius 1 is 1.15 bits per heavy atom. The predicted molar refractivity (Wildman–Crippen MR) is 124 cm³/mol. The van der Waals surface area contributed by atoms with Crippen molar-refractivity contribution in [1.82, 2.24) is 10.1 Å². The van der Waals surface area contributed by atoms with Crippen molar-refractivity contribution < 1.29 is 18.5 Å². The number of aryl methyl sites for hydroxylation is 2. The summed E-state index contributed by atoms with van der Waals surface area (Å²) in [6, 6.07) is 12.6. The van der Waals surface area contributed by atoms with Crippen molar-refractivity contribution in [2.75, 3.05) is 18.4 Å². The second-order valence-electron chi connectivity index (χ2n) is 8.89. The van der Waals surface area contributed by atoms with E-state index in [9.17, 15) is 14.0 Å². The first kappa shape index (κ1) is 24.1. The summed E-state index contributed by atoms with van der Waals surface area (Å²) < 4.78 is 18.3. The van der Waals surface area contributed by atoms with Crippen molar-refractivity contribution in [2.45, 2.75) is 34.2 Å². The van der Waals surface area contributed by atoms with Crippen LogP contribution in [0, 0.1) is 25.1 Å². The van der Waals surface area contributed by atoms with Crippen LogP contribution in [0.5, 0.6) is 0 Å². The molecule has 0 atom stereocenters. The number of hydrogen-bond acceptors (Lipinski definition) is 5. The number of benzene rings is 2. The normalized spacial score (nSPS) is 11.3. The van der Waals surface area contributed by atoms with E-state index in [0.717, 1.165) is 5.56 Å². The van der Waals surface area contributed by atoms with E-state index in [1.807, 2.05) is 32.0 Å². The summed E-state index contributed by atoms with van der Waals surface area (Å²) in [6.07, 6.45) is 0. The lowest BCUT2D eigenvalue weighted by molar-refractivity contribution is 0.0670. The molecular weight excluding hydrogens is 423 g/mol. The fraction of sp³-hybridized carbons (Fsp3) is 0.320. The average Bonchev–Trinajstić information content (AvgIpc) is 3.11. The van der Waals surface area contributed by atoms with Crippen LogP contribution in [0.4, 0.5) is 10.1 Å². The van der Waals surface area contributed by atoms with Crippen molar-refractivity contribution >= 4 is 17.5 Å². The molecule has 0 spiro atoms. The molecule has 0 bridgehead atoms. The second-order valence-corrected chi connectivity index (χ2v) is 8.89. The Morgan fingerprint density at radius 3 is 2.45 bits per heavy atom. The first-order chi connectivity index (χ1) is 15.6. The minimum atomic E-state index is -0.406. The minimum absolute atomic E-state index is 0.187. The van der Waals surface area contributed by atoms with Crippen molar-refractivity contribution in [2.24, 2.45) is 11.1 Å².